The predicted molar refractivity (Wildman–Crippen MR) is 170 cm³/mol. The zero-order valence-corrected chi connectivity index (χ0v) is 26.3. The first-order valence-electron chi connectivity index (χ1n) is 17.1. The van der Waals surface area contributed by atoms with Crippen LogP contribution < -0.4 is 9.47 Å². The van der Waals surface area contributed by atoms with Gasteiger partial charge in [0, 0.05) is 5.56 Å². The molecule has 0 aliphatic heterocycles. The van der Waals surface area contributed by atoms with Crippen molar-refractivity contribution in [1.29, 1.82) is 0 Å². The highest BCUT2D eigenvalue weighted by molar-refractivity contribution is 5.94. The minimum Gasteiger partial charge on any atom is -0.490 e. The van der Waals surface area contributed by atoms with E-state index in [-0.39, 0.29) is 5.78 Å². The highest BCUT2D eigenvalue weighted by atomic mass is 16.5. The molecule has 39 heavy (non-hydrogen) atoms. The van der Waals surface area contributed by atoms with Crippen LogP contribution in [0, 0.1) is 0 Å². The van der Waals surface area contributed by atoms with Gasteiger partial charge in [0.2, 0.25) is 0 Å². The summed E-state index contributed by atoms with van der Waals surface area (Å²) in [5.41, 5.74) is 0.692. The van der Waals surface area contributed by atoms with Crippen molar-refractivity contribution >= 4 is 5.78 Å². The number of Topliss-reactive ketones (excluding diaryl/α,β-unsaturated/α-hetero) is 1. The maximum absolute atomic E-state index is 11.9. The van der Waals surface area contributed by atoms with Gasteiger partial charge in [-0.15, -0.1) is 0 Å². The van der Waals surface area contributed by atoms with Crippen LogP contribution in [-0.4, -0.2) is 19.0 Å². The molecule has 0 fully saturated rings. The van der Waals surface area contributed by atoms with Gasteiger partial charge in [0.15, 0.2) is 17.3 Å². The molecule has 0 radical (unpaired) electrons. The summed E-state index contributed by atoms with van der Waals surface area (Å²) >= 11 is 0. The van der Waals surface area contributed by atoms with Crippen molar-refractivity contribution in [2.24, 2.45) is 0 Å². The average molecular weight is 545 g/mol. The molecule has 0 saturated carbocycles. The fourth-order valence-corrected chi connectivity index (χ4v) is 5.21. The maximum Gasteiger partial charge on any atom is 0.161 e. The van der Waals surface area contributed by atoms with Crippen LogP contribution in [0.1, 0.15) is 185 Å². The Hall–Kier alpha value is -1.51. The van der Waals surface area contributed by atoms with E-state index in [0.29, 0.717) is 18.8 Å². The molecule has 0 N–H and O–H groups in total. The lowest BCUT2D eigenvalue weighted by Gasteiger charge is -2.14. The smallest absolute Gasteiger partial charge is 0.161 e. The lowest BCUT2D eigenvalue weighted by Crippen LogP contribution is -2.04. The fourth-order valence-electron chi connectivity index (χ4n) is 5.21. The Kier molecular flexibility index (Phi) is 24.3. The monoisotopic (exact) mass is 544 g/mol. The molecule has 0 atom stereocenters. The van der Waals surface area contributed by atoms with Crippen LogP contribution in [-0.2, 0) is 0 Å². The second-order valence-electron chi connectivity index (χ2n) is 11.7. The van der Waals surface area contributed by atoms with Gasteiger partial charge < -0.3 is 9.47 Å². The zero-order chi connectivity index (χ0) is 28.2. The molecule has 0 saturated heterocycles. The summed E-state index contributed by atoms with van der Waals surface area (Å²) in [7, 11) is 0. The van der Waals surface area contributed by atoms with Crippen LogP contribution >= 0.6 is 0 Å². The van der Waals surface area contributed by atoms with E-state index < -0.39 is 0 Å². The first kappa shape index (κ1) is 35.5. The summed E-state index contributed by atoms with van der Waals surface area (Å²) in [4.78, 5) is 11.9. The van der Waals surface area contributed by atoms with E-state index in [1.807, 2.05) is 18.2 Å². The molecule has 1 rings (SSSR count). The van der Waals surface area contributed by atoms with E-state index in [1.54, 1.807) is 6.92 Å². The van der Waals surface area contributed by atoms with Gasteiger partial charge >= 0.3 is 0 Å². The largest absolute Gasteiger partial charge is 0.490 e. The lowest BCUT2D eigenvalue weighted by atomic mass is 10.1. The van der Waals surface area contributed by atoms with Crippen LogP contribution in [0.15, 0.2) is 18.2 Å². The number of unbranched alkanes of at least 4 members (excludes halogenated alkanes) is 22. The van der Waals surface area contributed by atoms with E-state index in [1.165, 1.54) is 141 Å². The van der Waals surface area contributed by atoms with Crippen LogP contribution in [0.3, 0.4) is 0 Å². The van der Waals surface area contributed by atoms with Gasteiger partial charge in [-0.25, -0.2) is 0 Å². The Bertz CT molecular complexity index is 684. The SMILES string of the molecule is CCCCCCCCCCCCCCOc1ccc(C(C)=O)cc1OCCCCCCCCCCCCCC. The van der Waals surface area contributed by atoms with Gasteiger partial charge in [-0.3, -0.25) is 4.79 Å². The summed E-state index contributed by atoms with van der Waals surface area (Å²) in [6.45, 7) is 7.57. The molecule has 1 aromatic carbocycles. The van der Waals surface area contributed by atoms with Gasteiger partial charge in [-0.05, 0) is 38.0 Å². The van der Waals surface area contributed by atoms with Gasteiger partial charge in [0.25, 0.3) is 0 Å². The normalized spacial score (nSPS) is 11.2. The Morgan fingerprint density at radius 2 is 0.821 bits per heavy atom. The van der Waals surface area contributed by atoms with Crippen molar-refractivity contribution in [3.63, 3.8) is 0 Å². The highest BCUT2D eigenvalue weighted by Gasteiger charge is 2.09. The molecule has 0 heterocycles. The van der Waals surface area contributed by atoms with Crippen LogP contribution in [0.25, 0.3) is 0 Å². The van der Waals surface area contributed by atoms with E-state index >= 15 is 0 Å². The molecule has 0 aromatic heterocycles. The summed E-state index contributed by atoms with van der Waals surface area (Å²) in [6.07, 6.45) is 32.1. The lowest BCUT2D eigenvalue weighted by molar-refractivity contribution is 0.101. The standard InChI is InChI=1S/C36H64O3/c1-4-6-8-10-12-14-16-18-20-22-24-26-30-38-35-29-28-34(33(3)37)32-36(35)39-31-27-25-23-21-19-17-15-13-11-9-7-5-2/h28-29,32H,4-27,30-31H2,1-3H3. The first-order valence-corrected chi connectivity index (χ1v) is 17.1. The van der Waals surface area contributed by atoms with Gasteiger partial charge in [0.05, 0.1) is 13.2 Å². The number of hydrogen-bond donors (Lipinski definition) is 0. The minimum atomic E-state index is 0.0673. The Morgan fingerprint density at radius 1 is 0.487 bits per heavy atom. The molecular weight excluding hydrogens is 480 g/mol. The molecule has 0 bridgehead atoms. The molecule has 0 spiro atoms. The molecular formula is C36H64O3. The van der Waals surface area contributed by atoms with E-state index in [2.05, 4.69) is 13.8 Å². The van der Waals surface area contributed by atoms with Crippen molar-refractivity contribution in [3.05, 3.63) is 23.8 Å². The number of carbonyl (C=O) groups is 1. The number of rotatable bonds is 29. The van der Waals surface area contributed by atoms with Crippen LogP contribution in [0.5, 0.6) is 11.5 Å². The topological polar surface area (TPSA) is 35.5 Å². The molecule has 0 aliphatic carbocycles. The summed E-state index contributed by atoms with van der Waals surface area (Å²) in [5, 5.41) is 0. The summed E-state index contributed by atoms with van der Waals surface area (Å²) in [6, 6.07) is 5.63. The summed E-state index contributed by atoms with van der Waals surface area (Å²) in [5.74, 6) is 1.57. The third kappa shape index (κ3) is 21.0. The van der Waals surface area contributed by atoms with Crippen molar-refractivity contribution in [1.82, 2.24) is 0 Å². The second kappa shape index (κ2) is 26.7. The first-order chi connectivity index (χ1) is 19.2. The molecule has 1 aromatic rings. The van der Waals surface area contributed by atoms with Crippen LogP contribution in [0.4, 0.5) is 0 Å². The number of hydrogen-bond acceptors (Lipinski definition) is 3. The molecule has 226 valence electrons. The Balaban J connectivity index is 2.14. The van der Waals surface area contributed by atoms with Crippen molar-refractivity contribution in [3.8, 4) is 11.5 Å². The van der Waals surface area contributed by atoms with Gasteiger partial charge in [-0.1, -0.05) is 155 Å². The van der Waals surface area contributed by atoms with Crippen LogP contribution in [0.2, 0.25) is 0 Å². The Labute approximate surface area is 243 Å². The number of ketones is 1. The van der Waals surface area contributed by atoms with E-state index in [0.717, 1.165) is 24.3 Å². The maximum atomic E-state index is 11.9. The molecule has 0 unspecified atom stereocenters. The molecule has 0 aliphatic rings. The zero-order valence-electron chi connectivity index (χ0n) is 26.3. The summed E-state index contributed by atoms with van der Waals surface area (Å²) < 4.78 is 12.2. The quantitative estimate of drug-likeness (QED) is 0.0743. The number of carbonyl (C=O) groups excluding carboxylic acids is 1. The van der Waals surface area contributed by atoms with Crippen molar-refractivity contribution in [2.45, 2.75) is 175 Å². The molecule has 3 nitrogen and oxygen atoms in total. The Morgan fingerprint density at radius 3 is 1.18 bits per heavy atom. The van der Waals surface area contributed by atoms with E-state index in [9.17, 15) is 4.79 Å². The third-order valence-corrected chi connectivity index (χ3v) is 7.86. The average Bonchev–Trinajstić information content (AvgIpc) is 2.94. The fraction of sp³-hybridized carbons (Fsp3) is 0.806. The van der Waals surface area contributed by atoms with Gasteiger partial charge in [0.1, 0.15) is 0 Å². The predicted octanol–water partition coefficient (Wildman–Crippen LogP) is 12.0. The third-order valence-electron chi connectivity index (χ3n) is 7.86. The number of benzene rings is 1. The van der Waals surface area contributed by atoms with E-state index in [4.69, 9.17) is 9.47 Å². The molecule has 3 heteroatoms. The highest BCUT2D eigenvalue weighted by Crippen LogP contribution is 2.29. The number of ether oxygens (including phenoxy) is 2. The minimum absolute atomic E-state index is 0.0673. The second-order valence-corrected chi connectivity index (χ2v) is 11.7. The van der Waals surface area contributed by atoms with Crippen molar-refractivity contribution in [2.75, 3.05) is 13.2 Å². The van der Waals surface area contributed by atoms with Crippen molar-refractivity contribution < 1.29 is 14.3 Å². The van der Waals surface area contributed by atoms with Gasteiger partial charge in [-0.2, -0.15) is 0 Å². The molecule has 0 amide bonds.